The van der Waals surface area contributed by atoms with Crippen molar-refractivity contribution < 1.29 is 24.1 Å². The molecule has 5 nitrogen and oxygen atoms in total. The summed E-state index contributed by atoms with van der Waals surface area (Å²) in [5.41, 5.74) is 1.93. The van der Waals surface area contributed by atoms with Gasteiger partial charge in [-0.3, -0.25) is 0 Å². The van der Waals surface area contributed by atoms with Gasteiger partial charge in [0.05, 0.1) is 28.4 Å². The minimum Gasteiger partial charge on any atom is -0.497 e. The fourth-order valence-corrected chi connectivity index (χ4v) is 4.46. The Balaban J connectivity index is 1.97. The van der Waals surface area contributed by atoms with Crippen LogP contribution in [0.5, 0.6) is 23.0 Å². The van der Waals surface area contributed by atoms with Gasteiger partial charge in [-0.05, 0) is 70.8 Å². The van der Waals surface area contributed by atoms with E-state index in [2.05, 4.69) is 0 Å². The van der Waals surface area contributed by atoms with E-state index in [1.54, 1.807) is 28.4 Å². The molecular formula is C30H30O5. The molecule has 0 saturated heterocycles. The molecule has 0 atom stereocenters. The summed E-state index contributed by atoms with van der Waals surface area (Å²) in [7, 11) is 6.53. The normalized spacial score (nSPS) is 11.3. The Morgan fingerprint density at radius 2 is 0.714 bits per heavy atom. The summed E-state index contributed by atoms with van der Waals surface area (Å²) in [4.78, 5) is 0. The molecule has 0 aromatic heterocycles. The molecule has 4 aromatic rings. The molecule has 4 rings (SSSR count). The van der Waals surface area contributed by atoms with Gasteiger partial charge in [-0.1, -0.05) is 48.5 Å². The molecule has 0 unspecified atom stereocenters. The highest BCUT2D eigenvalue weighted by Gasteiger charge is 2.42. The van der Waals surface area contributed by atoms with Crippen LogP contribution in [0.4, 0.5) is 0 Å². The predicted molar refractivity (Wildman–Crippen MR) is 137 cm³/mol. The van der Waals surface area contributed by atoms with Gasteiger partial charge in [0, 0.05) is 5.92 Å². The average Bonchev–Trinajstić information content (AvgIpc) is 2.94. The van der Waals surface area contributed by atoms with Crippen LogP contribution in [0.2, 0.25) is 0 Å². The van der Waals surface area contributed by atoms with Crippen LogP contribution in [-0.2, 0) is 5.60 Å². The van der Waals surface area contributed by atoms with Crippen LogP contribution >= 0.6 is 0 Å². The van der Waals surface area contributed by atoms with Crippen LogP contribution in [0.15, 0.2) is 97.1 Å². The van der Waals surface area contributed by atoms with E-state index in [0.717, 1.165) is 45.3 Å². The molecule has 5 heteroatoms. The fraction of sp³-hybridized carbons (Fsp3) is 0.200. The Morgan fingerprint density at radius 1 is 0.457 bits per heavy atom. The highest BCUT2D eigenvalue weighted by Crippen LogP contribution is 2.47. The third kappa shape index (κ3) is 4.81. The highest BCUT2D eigenvalue weighted by molar-refractivity contribution is 5.50. The zero-order valence-corrected chi connectivity index (χ0v) is 20.4. The van der Waals surface area contributed by atoms with Gasteiger partial charge in [-0.25, -0.2) is 0 Å². The SMILES string of the molecule is COc1ccc(C(c2ccc(OC)cc2)C(O)(c2ccc(OC)cc2)c2ccc(OC)cc2)cc1. The van der Waals surface area contributed by atoms with Gasteiger partial charge >= 0.3 is 0 Å². The fourth-order valence-electron chi connectivity index (χ4n) is 4.46. The number of ether oxygens (including phenoxy) is 4. The van der Waals surface area contributed by atoms with Gasteiger partial charge < -0.3 is 24.1 Å². The summed E-state index contributed by atoms with van der Waals surface area (Å²) in [6, 6.07) is 30.7. The van der Waals surface area contributed by atoms with E-state index in [1.807, 2.05) is 97.1 Å². The second-order valence-corrected chi connectivity index (χ2v) is 8.20. The van der Waals surface area contributed by atoms with Crippen molar-refractivity contribution in [1.29, 1.82) is 0 Å². The first-order valence-electron chi connectivity index (χ1n) is 11.3. The molecule has 0 radical (unpaired) electrons. The molecule has 0 fully saturated rings. The average molecular weight is 471 g/mol. The lowest BCUT2D eigenvalue weighted by molar-refractivity contribution is 0.0624. The van der Waals surface area contributed by atoms with Gasteiger partial charge in [0.25, 0.3) is 0 Å². The molecule has 0 spiro atoms. The topological polar surface area (TPSA) is 57.2 Å². The Morgan fingerprint density at radius 3 is 0.971 bits per heavy atom. The first kappa shape index (κ1) is 24.2. The molecule has 0 heterocycles. The molecule has 180 valence electrons. The quantitative estimate of drug-likeness (QED) is 0.336. The second-order valence-electron chi connectivity index (χ2n) is 8.20. The summed E-state index contributed by atoms with van der Waals surface area (Å²) in [5, 5.41) is 12.8. The number of hydrogen-bond acceptors (Lipinski definition) is 5. The Hall–Kier alpha value is -3.96. The van der Waals surface area contributed by atoms with Gasteiger partial charge in [0.2, 0.25) is 0 Å². The van der Waals surface area contributed by atoms with Crippen molar-refractivity contribution in [2.75, 3.05) is 28.4 Å². The van der Waals surface area contributed by atoms with Gasteiger partial charge in [-0.2, -0.15) is 0 Å². The van der Waals surface area contributed by atoms with E-state index in [4.69, 9.17) is 18.9 Å². The lowest BCUT2D eigenvalue weighted by Gasteiger charge is -2.38. The third-order valence-electron chi connectivity index (χ3n) is 6.38. The van der Waals surface area contributed by atoms with Crippen LogP contribution in [0.1, 0.15) is 28.2 Å². The number of hydrogen-bond donors (Lipinski definition) is 1. The second kappa shape index (κ2) is 10.5. The van der Waals surface area contributed by atoms with Gasteiger partial charge in [0.15, 0.2) is 0 Å². The zero-order valence-electron chi connectivity index (χ0n) is 20.4. The summed E-state index contributed by atoms with van der Waals surface area (Å²) >= 11 is 0. The molecule has 35 heavy (non-hydrogen) atoms. The molecule has 0 amide bonds. The first-order chi connectivity index (χ1) is 17.0. The molecule has 0 aliphatic carbocycles. The number of aliphatic hydroxyl groups is 1. The van der Waals surface area contributed by atoms with E-state index in [9.17, 15) is 5.11 Å². The van der Waals surface area contributed by atoms with E-state index < -0.39 is 11.5 Å². The molecule has 0 aliphatic heterocycles. The first-order valence-corrected chi connectivity index (χ1v) is 11.3. The summed E-state index contributed by atoms with van der Waals surface area (Å²) in [5.74, 6) is 2.49. The van der Waals surface area contributed by atoms with Crippen molar-refractivity contribution >= 4 is 0 Å². The Bertz CT molecular complexity index is 1120. The molecule has 0 aliphatic rings. The van der Waals surface area contributed by atoms with E-state index in [-0.39, 0.29) is 0 Å². The maximum absolute atomic E-state index is 12.8. The van der Waals surface area contributed by atoms with Crippen molar-refractivity contribution in [3.05, 3.63) is 119 Å². The molecule has 4 aromatic carbocycles. The largest absolute Gasteiger partial charge is 0.497 e. The van der Waals surface area contributed by atoms with E-state index >= 15 is 0 Å². The van der Waals surface area contributed by atoms with E-state index in [1.165, 1.54) is 0 Å². The maximum Gasteiger partial charge on any atom is 0.125 e. The minimum absolute atomic E-state index is 0.443. The van der Waals surface area contributed by atoms with Crippen molar-refractivity contribution in [3.63, 3.8) is 0 Å². The summed E-state index contributed by atoms with van der Waals surface area (Å²) < 4.78 is 21.5. The zero-order chi connectivity index (χ0) is 24.8. The third-order valence-corrected chi connectivity index (χ3v) is 6.38. The highest BCUT2D eigenvalue weighted by atomic mass is 16.5. The Kier molecular flexibility index (Phi) is 7.28. The standard InChI is InChI=1S/C30H30O5/c1-32-25-13-5-21(6-14-25)29(22-7-15-26(33-2)16-8-22)30(31,23-9-17-27(34-3)18-10-23)24-11-19-28(35-4)20-12-24/h5-20,29,31H,1-4H3. The number of rotatable bonds is 9. The smallest absolute Gasteiger partial charge is 0.125 e. The summed E-state index contributed by atoms with van der Waals surface area (Å²) in [6.07, 6.45) is 0. The van der Waals surface area contributed by atoms with Crippen molar-refractivity contribution in [2.45, 2.75) is 11.5 Å². The molecule has 0 saturated carbocycles. The van der Waals surface area contributed by atoms with Crippen molar-refractivity contribution in [3.8, 4) is 23.0 Å². The predicted octanol–water partition coefficient (Wildman–Crippen LogP) is 5.79. The van der Waals surface area contributed by atoms with Crippen LogP contribution < -0.4 is 18.9 Å². The van der Waals surface area contributed by atoms with Crippen LogP contribution in [0.25, 0.3) is 0 Å². The Labute approximate surface area is 206 Å². The summed E-state index contributed by atoms with van der Waals surface area (Å²) in [6.45, 7) is 0. The molecule has 0 bridgehead atoms. The minimum atomic E-state index is -1.41. The molecular weight excluding hydrogens is 440 g/mol. The van der Waals surface area contributed by atoms with Crippen molar-refractivity contribution in [2.24, 2.45) is 0 Å². The number of benzene rings is 4. The van der Waals surface area contributed by atoms with Crippen LogP contribution in [-0.4, -0.2) is 33.5 Å². The monoisotopic (exact) mass is 470 g/mol. The van der Waals surface area contributed by atoms with Crippen LogP contribution in [0.3, 0.4) is 0 Å². The number of methoxy groups -OCH3 is 4. The van der Waals surface area contributed by atoms with Gasteiger partial charge in [0.1, 0.15) is 28.6 Å². The van der Waals surface area contributed by atoms with Crippen LogP contribution in [0, 0.1) is 0 Å². The lowest BCUT2D eigenvalue weighted by atomic mass is 9.70. The van der Waals surface area contributed by atoms with Gasteiger partial charge in [-0.15, -0.1) is 0 Å². The van der Waals surface area contributed by atoms with Crippen molar-refractivity contribution in [1.82, 2.24) is 0 Å². The maximum atomic E-state index is 12.8. The van der Waals surface area contributed by atoms with E-state index in [0.29, 0.717) is 0 Å². The lowest BCUT2D eigenvalue weighted by Crippen LogP contribution is -2.35. The molecule has 1 N–H and O–H groups in total.